The van der Waals surface area contributed by atoms with Crippen LogP contribution in [0.1, 0.15) is 54.0 Å². The van der Waals surface area contributed by atoms with E-state index in [0.717, 1.165) is 5.46 Å². The number of rotatable bonds is 3. The molecule has 1 aliphatic heterocycles. The van der Waals surface area contributed by atoms with Gasteiger partial charge in [0, 0.05) is 17.6 Å². The molecule has 0 amide bonds. The smallest absolute Gasteiger partial charge is 0.399 e. The molecule has 2 rings (SSSR count). The first kappa shape index (κ1) is 17.4. The first-order valence-corrected chi connectivity index (χ1v) is 7.81. The molecule has 3 nitrogen and oxygen atoms in total. The maximum absolute atomic E-state index is 14.3. The SMILES string of the molecule is CC(C)(C)NCc1c(F)cccc1B1OC(C)(C)C(C)(C)O1. The van der Waals surface area contributed by atoms with Crippen molar-refractivity contribution in [1.82, 2.24) is 5.32 Å². The van der Waals surface area contributed by atoms with Gasteiger partial charge >= 0.3 is 7.12 Å². The third kappa shape index (κ3) is 3.53. The quantitative estimate of drug-likeness (QED) is 0.871. The largest absolute Gasteiger partial charge is 0.495 e. The number of hydrogen-bond donors (Lipinski definition) is 1. The number of nitrogens with one attached hydrogen (secondary N) is 1. The van der Waals surface area contributed by atoms with Crippen molar-refractivity contribution in [2.24, 2.45) is 0 Å². The highest BCUT2D eigenvalue weighted by Crippen LogP contribution is 2.36. The molecule has 0 unspecified atom stereocenters. The van der Waals surface area contributed by atoms with Gasteiger partial charge in [0.2, 0.25) is 0 Å². The molecular weight excluding hydrogens is 280 g/mol. The summed E-state index contributed by atoms with van der Waals surface area (Å²) in [6.07, 6.45) is 0. The Kier molecular flexibility index (Phi) is 4.46. The molecule has 0 saturated carbocycles. The maximum Gasteiger partial charge on any atom is 0.495 e. The summed E-state index contributed by atoms with van der Waals surface area (Å²) in [7, 11) is -0.544. The van der Waals surface area contributed by atoms with E-state index in [-0.39, 0.29) is 11.4 Å². The number of hydrogen-bond acceptors (Lipinski definition) is 3. The van der Waals surface area contributed by atoms with E-state index in [0.29, 0.717) is 12.1 Å². The minimum atomic E-state index is -0.544. The third-order valence-electron chi connectivity index (χ3n) is 4.46. The third-order valence-corrected chi connectivity index (χ3v) is 4.46. The van der Waals surface area contributed by atoms with Crippen molar-refractivity contribution >= 4 is 12.6 Å². The molecule has 122 valence electrons. The molecule has 1 aromatic rings. The van der Waals surface area contributed by atoms with E-state index < -0.39 is 18.3 Å². The summed E-state index contributed by atoms with van der Waals surface area (Å²) < 4.78 is 26.4. The average Bonchev–Trinajstić information content (AvgIpc) is 2.55. The van der Waals surface area contributed by atoms with Gasteiger partial charge in [-0.15, -0.1) is 0 Å². The number of halogens is 1. The van der Waals surface area contributed by atoms with Crippen molar-refractivity contribution in [3.63, 3.8) is 0 Å². The summed E-state index contributed by atoms with van der Waals surface area (Å²) in [4.78, 5) is 0. The van der Waals surface area contributed by atoms with Crippen LogP contribution in [0.15, 0.2) is 18.2 Å². The van der Waals surface area contributed by atoms with Crippen LogP contribution < -0.4 is 10.8 Å². The fraction of sp³-hybridized carbons (Fsp3) is 0.647. The summed E-state index contributed by atoms with van der Waals surface area (Å²) in [6.45, 7) is 14.6. The van der Waals surface area contributed by atoms with Gasteiger partial charge in [-0.1, -0.05) is 12.1 Å². The molecule has 0 aromatic heterocycles. The van der Waals surface area contributed by atoms with E-state index in [4.69, 9.17) is 9.31 Å². The van der Waals surface area contributed by atoms with Crippen LogP contribution in [0.2, 0.25) is 0 Å². The predicted octanol–water partition coefficient (Wildman–Crippen LogP) is 3.01. The van der Waals surface area contributed by atoms with Gasteiger partial charge in [-0.25, -0.2) is 4.39 Å². The minimum absolute atomic E-state index is 0.0878. The molecule has 0 atom stereocenters. The summed E-state index contributed by atoms with van der Waals surface area (Å²) in [6, 6.07) is 5.07. The van der Waals surface area contributed by atoms with E-state index in [1.54, 1.807) is 6.07 Å². The zero-order chi connectivity index (χ0) is 16.8. The van der Waals surface area contributed by atoms with Crippen molar-refractivity contribution in [2.75, 3.05) is 0 Å². The Labute approximate surface area is 133 Å². The zero-order valence-electron chi connectivity index (χ0n) is 14.7. The molecule has 1 aliphatic rings. The maximum atomic E-state index is 14.3. The van der Waals surface area contributed by atoms with Crippen molar-refractivity contribution in [3.8, 4) is 0 Å². The molecular formula is C17H27BFNO2. The summed E-state index contributed by atoms with van der Waals surface area (Å²) in [5.41, 5.74) is 0.415. The molecule has 5 heteroatoms. The molecule has 1 aromatic carbocycles. The van der Waals surface area contributed by atoms with Crippen LogP contribution in [0.25, 0.3) is 0 Å². The van der Waals surface area contributed by atoms with Crippen molar-refractivity contribution in [3.05, 3.63) is 29.6 Å². The summed E-state index contributed by atoms with van der Waals surface area (Å²) in [5, 5.41) is 3.33. The molecule has 0 aliphatic carbocycles. The van der Waals surface area contributed by atoms with Gasteiger partial charge in [0.25, 0.3) is 0 Å². The van der Waals surface area contributed by atoms with Crippen LogP contribution in [-0.4, -0.2) is 23.9 Å². The Morgan fingerprint density at radius 1 is 1.09 bits per heavy atom. The Hall–Kier alpha value is -0.905. The highest BCUT2D eigenvalue weighted by atomic mass is 19.1. The predicted molar refractivity (Wildman–Crippen MR) is 88.7 cm³/mol. The molecule has 1 fully saturated rings. The molecule has 0 spiro atoms. The monoisotopic (exact) mass is 307 g/mol. The highest BCUT2D eigenvalue weighted by molar-refractivity contribution is 6.62. The standard InChI is InChI=1S/C17H27BFNO2/c1-15(2,3)20-11-12-13(9-8-10-14(12)19)18-21-16(4,5)17(6,7)22-18/h8-10,20H,11H2,1-7H3. The van der Waals surface area contributed by atoms with E-state index in [9.17, 15) is 4.39 Å². The van der Waals surface area contributed by atoms with Crippen molar-refractivity contribution < 1.29 is 13.7 Å². The zero-order valence-corrected chi connectivity index (χ0v) is 14.7. The average molecular weight is 307 g/mol. The van der Waals surface area contributed by atoms with Gasteiger partial charge in [0.1, 0.15) is 5.82 Å². The Balaban J connectivity index is 2.31. The molecule has 0 bridgehead atoms. The normalized spacial score (nSPS) is 20.5. The van der Waals surface area contributed by atoms with Gasteiger partial charge in [0.15, 0.2) is 0 Å². The summed E-state index contributed by atoms with van der Waals surface area (Å²) >= 11 is 0. The first-order valence-electron chi connectivity index (χ1n) is 7.81. The van der Waals surface area contributed by atoms with Crippen LogP contribution in [0, 0.1) is 5.82 Å². The van der Waals surface area contributed by atoms with E-state index in [2.05, 4.69) is 26.1 Å². The molecule has 0 radical (unpaired) electrons. The molecule has 1 saturated heterocycles. The lowest BCUT2D eigenvalue weighted by atomic mass is 9.75. The lowest BCUT2D eigenvalue weighted by Gasteiger charge is -2.32. The first-order chi connectivity index (χ1) is 9.93. The van der Waals surface area contributed by atoms with Gasteiger partial charge in [-0.05, 0) is 60.0 Å². The van der Waals surface area contributed by atoms with Crippen molar-refractivity contribution in [2.45, 2.75) is 71.8 Å². The Morgan fingerprint density at radius 3 is 2.14 bits per heavy atom. The lowest BCUT2D eigenvalue weighted by molar-refractivity contribution is 0.00578. The van der Waals surface area contributed by atoms with Crippen LogP contribution >= 0.6 is 0 Å². The molecule has 22 heavy (non-hydrogen) atoms. The van der Waals surface area contributed by atoms with Gasteiger partial charge in [0.05, 0.1) is 11.2 Å². The lowest BCUT2D eigenvalue weighted by Crippen LogP contribution is -2.41. The fourth-order valence-corrected chi connectivity index (χ4v) is 2.31. The molecule has 1 heterocycles. The van der Waals surface area contributed by atoms with Gasteiger partial charge in [-0.2, -0.15) is 0 Å². The van der Waals surface area contributed by atoms with E-state index >= 15 is 0 Å². The second kappa shape index (κ2) is 5.62. The van der Waals surface area contributed by atoms with Gasteiger partial charge in [-0.3, -0.25) is 0 Å². The highest BCUT2D eigenvalue weighted by Gasteiger charge is 2.52. The van der Waals surface area contributed by atoms with Crippen molar-refractivity contribution in [1.29, 1.82) is 0 Å². The number of benzene rings is 1. The second-order valence-corrected chi connectivity index (χ2v) is 8.00. The van der Waals surface area contributed by atoms with Crippen LogP contribution in [-0.2, 0) is 15.9 Å². The topological polar surface area (TPSA) is 30.5 Å². The van der Waals surface area contributed by atoms with Crippen LogP contribution in [0.3, 0.4) is 0 Å². The van der Waals surface area contributed by atoms with Gasteiger partial charge < -0.3 is 14.6 Å². The van der Waals surface area contributed by atoms with Crippen LogP contribution in [0.4, 0.5) is 4.39 Å². The van der Waals surface area contributed by atoms with E-state index in [1.165, 1.54) is 6.07 Å². The van der Waals surface area contributed by atoms with Crippen LogP contribution in [0.5, 0.6) is 0 Å². The molecule has 1 N–H and O–H groups in total. The Morgan fingerprint density at radius 2 is 1.64 bits per heavy atom. The fourth-order valence-electron chi connectivity index (χ4n) is 2.31. The van der Waals surface area contributed by atoms with E-state index in [1.807, 2.05) is 33.8 Å². The summed E-state index contributed by atoms with van der Waals surface area (Å²) in [5.74, 6) is -0.232. The minimum Gasteiger partial charge on any atom is -0.399 e. The Bertz CT molecular complexity index is 536. The second-order valence-electron chi connectivity index (χ2n) is 8.00.